The molecule has 2 nitrogen and oxygen atoms in total. The highest BCUT2D eigenvalue weighted by molar-refractivity contribution is 5.53. The molecule has 20 heavy (non-hydrogen) atoms. The molecular formula is C16H12F2N2. The van der Waals surface area contributed by atoms with Crippen LogP contribution in [0.3, 0.4) is 0 Å². The molecule has 0 aliphatic carbocycles. The van der Waals surface area contributed by atoms with Gasteiger partial charge in [0.1, 0.15) is 11.6 Å². The van der Waals surface area contributed by atoms with Crippen molar-refractivity contribution in [1.82, 2.24) is 0 Å². The second-order valence-corrected chi connectivity index (χ2v) is 4.86. The second-order valence-electron chi connectivity index (χ2n) is 4.86. The van der Waals surface area contributed by atoms with Crippen LogP contribution in [0.15, 0.2) is 36.4 Å². The highest BCUT2D eigenvalue weighted by Gasteiger charge is 2.19. The maximum atomic E-state index is 14.0. The van der Waals surface area contributed by atoms with E-state index in [2.05, 4.69) is 0 Å². The van der Waals surface area contributed by atoms with Crippen LogP contribution < -0.4 is 4.90 Å². The van der Waals surface area contributed by atoms with Gasteiger partial charge in [0.05, 0.1) is 17.3 Å². The molecule has 1 aliphatic heterocycles. The molecule has 1 heterocycles. The van der Waals surface area contributed by atoms with Gasteiger partial charge in [0.2, 0.25) is 0 Å². The number of rotatable bonds is 1. The molecule has 0 amide bonds. The fraction of sp³-hybridized carbons (Fsp3) is 0.188. The van der Waals surface area contributed by atoms with Gasteiger partial charge >= 0.3 is 0 Å². The minimum atomic E-state index is -0.394. The van der Waals surface area contributed by atoms with Gasteiger partial charge < -0.3 is 4.90 Å². The van der Waals surface area contributed by atoms with Gasteiger partial charge in [-0.1, -0.05) is 6.07 Å². The Morgan fingerprint density at radius 2 is 1.90 bits per heavy atom. The first-order valence-electron chi connectivity index (χ1n) is 6.39. The number of benzene rings is 2. The SMILES string of the molecule is N#Cc1ccc(N2CCc3cc(F)ccc3C2)c(F)c1. The fourth-order valence-corrected chi connectivity index (χ4v) is 2.56. The van der Waals surface area contributed by atoms with Crippen LogP contribution in [0.4, 0.5) is 14.5 Å². The van der Waals surface area contributed by atoms with E-state index in [9.17, 15) is 8.78 Å². The lowest BCUT2D eigenvalue weighted by Gasteiger charge is -2.31. The van der Waals surface area contributed by atoms with Gasteiger partial charge in [0.25, 0.3) is 0 Å². The van der Waals surface area contributed by atoms with Gasteiger partial charge in [-0.2, -0.15) is 5.26 Å². The number of hydrogen-bond acceptors (Lipinski definition) is 2. The first-order chi connectivity index (χ1) is 9.67. The Morgan fingerprint density at radius 3 is 2.65 bits per heavy atom. The molecule has 0 bridgehead atoms. The molecule has 0 fully saturated rings. The van der Waals surface area contributed by atoms with Crippen LogP contribution in [0.1, 0.15) is 16.7 Å². The summed E-state index contributed by atoms with van der Waals surface area (Å²) in [5.74, 6) is -0.628. The van der Waals surface area contributed by atoms with Crippen molar-refractivity contribution < 1.29 is 8.78 Å². The fourth-order valence-electron chi connectivity index (χ4n) is 2.56. The lowest BCUT2D eigenvalue weighted by molar-refractivity contribution is 0.603. The van der Waals surface area contributed by atoms with Crippen LogP contribution in [-0.4, -0.2) is 6.54 Å². The molecule has 1 aliphatic rings. The normalized spacial score (nSPS) is 13.8. The molecular weight excluding hydrogens is 258 g/mol. The third-order valence-corrected chi connectivity index (χ3v) is 3.60. The van der Waals surface area contributed by atoms with Gasteiger partial charge in [-0.3, -0.25) is 0 Å². The lowest BCUT2D eigenvalue weighted by Crippen LogP contribution is -2.31. The van der Waals surface area contributed by atoms with Crippen LogP contribution in [-0.2, 0) is 13.0 Å². The van der Waals surface area contributed by atoms with Crippen molar-refractivity contribution in [2.24, 2.45) is 0 Å². The predicted octanol–water partition coefficient (Wildman–Crippen LogP) is 3.40. The van der Waals surface area contributed by atoms with Gasteiger partial charge in [0.15, 0.2) is 0 Å². The molecule has 0 saturated heterocycles. The summed E-state index contributed by atoms with van der Waals surface area (Å²) in [7, 11) is 0. The molecule has 0 N–H and O–H groups in total. The number of halogens is 2. The monoisotopic (exact) mass is 270 g/mol. The quantitative estimate of drug-likeness (QED) is 0.794. The lowest BCUT2D eigenvalue weighted by atomic mass is 9.99. The molecule has 3 rings (SSSR count). The van der Waals surface area contributed by atoms with Crippen molar-refractivity contribution in [3.05, 3.63) is 64.7 Å². The molecule has 0 atom stereocenters. The van der Waals surface area contributed by atoms with E-state index < -0.39 is 5.82 Å². The summed E-state index contributed by atoms with van der Waals surface area (Å²) in [6.07, 6.45) is 0.687. The molecule has 0 unspecified atom stereocenters. The molecule has 2 aromatic rings. The molecule has 4 heteroatoms. The van der Waals surface area contributed by atoms with Crippen molar-refractivity contribution in [2.75, 3.05) is 11.4 Å². The molecule has 2 aromatic carbocycles. The Kier molecular flexibility index (Phi) is 3.11. The van der Waals surface area contributed by atoms with E-state index in [1.54, 1.807) is 24.3 Å². The second kappa shape index (κ2) is 4.93. The number of anilines is 1. The van der Waals surface area contributed by atoms with E-state index in [4.69, 9.17) is 5.26 Å². The average Bonchev–Trinajstić information content (AvgIpc) is 2.46. The zero-order valence-electron chi connectivity index (χ0n) is 10.7. The van der Waals surface area contributed by atoms with Crippen molar-refractivity contribution in [3.8, 4) is 6.07 Å². The summed E-state index contributed by atoms with van der Waals surface area (Å²) in [5, 5.41) is 8.75. The third kappa shape index (κ3) is 2.23. The van der Waals surface area contributed by atoms with Crippen molar-refractivity contribution in [3.63, 3.8) is 0 Å². The summed E-state index contributed by atoms with van der Waals surface area (Å²) in [5.41, 5.74) is 2.79. The van der Waals surface area contributed by atoms with Crippen molar-refractivity contribution >= 4 is 5.69 Å². The summed E-state index contributed by atoms with van der Waals surface area (Å²) < 4.78 is 27.2. The topological polar surface area (TPSA) is 27.0 Å². The Hall–Kier alpha value is -2.41. The van der Waals surface area contributed by atoms with E-state index in [-0.39, 0.29) is 5.82 Å². The standard InChI is InChI=1S/C16H12F2N2/c17-14-3-2-13-10-20(6-5-12(13)8-14)16-4-1-11(9-19)7-15(16)18/h1-4,7-8H,5-6,10H2. The predicted molar refractivity (Wildman–Crippen MR) is 72.3 cm³/mol. The summed E-state index contributed by atoms with van der Waals surface area (Å²) >= 11 is 0. The van der Waals surface area contributed by atoms with Gasteiger partial charge in [-0.15, -0.1) is 0 Å². The zero-order chi connectivity index (χ0) is 14.1. The largest absolute Gasteiger partial charge is 0.364 e. The van der Waals surface area contributed by atoms with Crippen LogP contribution in [0, 0.1) is 23.0 Å². The molecule has 0 spiro atoms. The molecule has 100 valence electrons. The van der Waals surface area contributed by atoms with E-state index in [1.165, 1.54) is 12.1 Å². The number of fused-ring (bicyclic) bond motifs is 1. The summed E-state index contributed by atoms with van der Waals surface area (Å²) in [4.78, 5) is 1.91. The van der Waals surface area contributed by atoms with Crippen LogP contribution >= 0.6 is 0 Å². The maximum absolute atomic E-state index is 14.0. The Balaban J connectivity index is 1.91. The van der Waals surface area contributed by atoms with Crippen molar-refractivity contribution in [2.45, 2.75) is 13.0 Å². The smallest absolute Gasteiger partial charge is 0.147 e. The minimum absolute atomic E-state index is 0.234. The molecule has 0 saturated carbocycles. The zero-order valence-corrected chi connectivity index (χ0v) is 10.7. The van der Waals surface area contributed by atoms with Crippen LogP contribution in [0.5, 0.6) is 0 Å². The minimum Gasteiger partial charge on any atom is -0.364 e. The van der Waals surface area contributed by atoms with Gasteiger partial charge in [0, 0.05) is 13.1 Å². The van der Waals surface area contributed by atoms with E-state index in [1.807, 2.05) is 11.0 Å². The van der Waals surface area contributed by atoms with E-state index >= 15 is 0 Å². The third-order valence-electron chi connectivity index (χ3n) is 3.60. The number of nitriles is 1. The van der Waals surface area contributed by atoms with E-state index in [0.29, 0.717) is 30.8 Å². The van der Waals surface area contributed by atoms with Crippen molar-refractivity contribution in [1.29, 1.82) is 5.26 Å². The molecule has 0 radical (unpaired) electrons. The first kappa shape index (κ1) is 12.6. The van der Waals surface area contributed by atoms with Crippen LogP contribution in [0.25, 0.3) is 0 Å². The van der Waals surface area contributed by atoms with Gasteiger partial charge in [-0.25, -0.2) is 8.78 Å². The average molecular weight is 270 g/mol. The Labute approximate surface area is 115 Å². The maximum Gasteiger partial charge on any atom is 0.147 e. The highest BCUT2D eigenvalue weighted by Crippen LogP contribution is 2.27. The van der Waals surface area contributed by atoms with Crippen LogP contribution in [0.2, 0.25) is 0 Å². The Morgan fingerprint density at radius 1 is 1.05 bits per heavy atom. The van der Waals surface area contributed by atoms with Gasteiger partial charge in [-0.05, 0) is 47.9 Å². The summed E-state index contributed by atoms with van der Waals surface area (Å²) in [6, 6.07) is 11.1. The highest BCUT2D eigenvalue weighted by atomic mass is 19.1. The molecule has 0 aromatic heterocycles. The first-order valence-corrected chi connectivity index (χ1v) is 6.39. The summed E-state index contributed by atoms with van der Waals surface area (Å²) in [6.45, 7) is 1.19. The number of nitrogens with zero attached hydrogens (tertiary/aromatic N) is 2. The number of hydrogen-bond donors (Lipinski definition) is 0. The Bertz CT molecular complexity index is 704. The van der Waals surface area contributed by atoms with E-state index in [0.717, 1.165) is 11.1 Å².